The molecule has 1 aromatic rings. The summed E-state index contributed by atoms with van der Waals surface area (Å²) in [6.07, 6.45) is 2.61. The van der Waals surface area contributed by atoms with Crippen molar-refractivity contribution in [3.8, 4) is 0 Å². The van der Waals surface area contributed by atoms with Gasteiger partial charge in [-0.2, -0.15) is 0 Å². The van der Waals surface area contributed by atoms with Gasteiger partial charge in [-0.25, -0.2) is 0 Å². The second-order valence-electron chi connectivity index (χ2n) is 7.76. The normalized spacial score (nSPS) is 24.8. The molecule has 2 N–H and O–H groups in total. The second kappa shape index (κ2) is 7.26. The van der Waals surface area contributed by atoms with Crippen LogP contribution in [-0.4, -0.2) is 73.3 Å². The Balaban J connectivity index is 1.35. The molecule has 4 rings (SSSR count). The SMILES string of the molecule is CN=C(NCCN1C(=O)c2ccccc2C1=O)N1CCCC2(CNC(=O)C2)C1. The van der Waals surface area contributed by atoms with Gasteiger partial charge < -0.3 is 15.5 Å². The van der Waals surface area contributed by atoms with Crippen molar-refractivity contribution < 1.29 is 14.4 Å². The van der Waals surface area contributed by atoms with Gasteiger partial charge in [-0.3, -0.25) is 24.3 Å². The van der Waals surface area contributed by atoms with E-state index in [0.29, 0.717) is 30.6 Å². The minimum Gasteiger partial charge on any atom is -0.355 e. The quantitative estimate of drug-likeness (QED) is 0.449. The summed E-state index contributed by atoms with van der Waals surface area (Å²) in [5.41, 5.74) is 0.914. The Morgan fingerprint density at radius 3 is 2.54 bits per heavy atom. The summed E-state index contributed by atoms with van der Waals surface area (Å²) in [6.45, 7) is 3.08. The average molecular weight is 383 g/mol. The van der Waals surface area contributed by atoms with Crippen LogP contribution < -0.4 is 10.6 Å². The fourth-order valence-electron chi connectivity index (χ4n) is 4.48. The molecule has 3 amide bonds. The first-order valence-corrected chi connectivity index (χ1v) is 9.70. The van der Waals surface area contributed by atoms with E-state index >= 15 is 0 Å². The van der Waals surface area contributed by atoms with Crippen LogP contribution in [0.25, 0.3) is 0 Å². The molecule has 3 aliphatic rings. The number of guanidine groups is 1. The number of imide groups is 1. The molecule has 2 saturated heterocycles. The van der Waals surface area contributed by atoms with Gasteiger partial charge in [-0.15, -0.1) is 0 Å². The molecule has 2 fully saturated rings. The number of aliphatic imine (C=N–C) groups is 1. The van der Waals surface area contributed by atoms with Gasteiger partial charge in [0.2, 0.25) is 5.91 Å². The van der Waals surface area contributed by atoms with E-state index in [1.54, 1.807) is 31.3 Å². The van der Waals surface area contributed by atoms with Crippen LogP contribution in [0, 0.1) is 5.41 Å². The monoisotopic (exact) mass is 383 g/mol. The van der Waals surface area contributed by atoms with Gasteiger partial charge in [0, 0.05) is 51.6 Å². The van der Waals surface area contributed by atoms with Gasteiger partial charge in [-0.1, -0.05) is 12.1 Å². The Morgan fingerprint density at radius 1 is 1.21 bits per heavy atom. The second-order valence-corrected chi connectivity index (χ2v) is 7.76. The third kappa shape index (κ3) is 3.23. The molecule has 0 saturated carbocycles. The summed E-state index contributed by atoms with van der Waals surface area (Å²) in [4.78, 5) is 44.4. The zero-order valence-corrected chi connectivity index (χ0v) is 16.0. The smallest absolute Gasteiger partial charge is 0.261 e. The maximum Gasteiger partial charge on any atom is 0.261 e. The molecular formula is C20H25N5O3. The number of carbonyl (C=O) groups is 3. The highest BCUT2D eigenvalue weighted by Crippen LogP contribution is 2.36. The Morgan fingerprint density at radius 2 is 1.93 bits per heavy atom. The Bertz CT molecular complexity index is 817. The number of amides is 3. The van der Waals surface area contributed by atoms with Crippen molar-refractivity contribution in [2.45, 2.75) is 19.3 Å². The van der Waals surface area contributed by atoms with Crippen LogP contribution in [-0.2, 0) is 4.79 Å². The number of hydrogen-bond donors (Lipinski definition) is 2. The van der Waals surface area contributed by atoms with Crippen molar-refractivity contribution in [2.75, 3.05) is 39.8 Å². The number of nitrogens with zero attached hydrogens (tertiary/aromatic N) is 3. The summed E-state index contributed by atoms with van der Waals surface area (Å²) in [7, 11) is 1.73. The Hall–Kier alpha value is -2.90. The van der Waals surface area contributed by atoms with Crippen LogP contribution in [0.1, 0.15) is 40.0 Å². The van der Waals surface area contributed by atoms with Crippen LogP contribution >= 0.6 is 0 Å². The molecule has 0 radical (unpaired) electrons. The van der Waals surface area contributed by atoms with Gasteiger partial charge in [-0.05, 0) is 25.0 Å². The number of nitrogens with one attached hydrogen (secondary N) is 2. The van der Waals surface area contributed by atoms with E-state index in [1.807, 2.05) is 0 Å². The summed E-state index contributed by atoms with van der Waals surface area (Å²) in [6, 6.07) is 6.91. The molecule has 3 aliphatic heterocycles. The summed E-state index contributed by atoms with van der Waals surface area (Å²) >= 11 is 0. The number of hydrogen-bond acceptors (Lipinski definition) is 4. The van der Waals surface area contributed by atoms with Crippen molar-refractivity contribution in [3.05, 3.63) is 35.4 Å². The van der Waals surface area contributed by atoms with Gasteiger partial charge in [0.05, 0.1) is 11.1 Å². The molecule has 8 nitrogen and oxygen atoms in total. The maximum atomic E-state index is 12.5. The Labute approximate surface area is 164 Å². The zero-order valence-electron chi connectivity index (χ0n) is 16.0. The molecule has 0 aromatic heterocycles. The lowest BCUT2D eigenvalue weighted by Gasteiger charge is -2.40. The van der Waals surface area contributed by atoms with Gasteiger partial charge in [0.15, 0.2) is 5.96 Å². The number of rotatable bonds is 3. The molecule has 0 aliphatic carbocycles. The molecule has 28 heavy (non-hydrogen) atoms. The summed E-state index contributed by atoms with van der Waals surface area (Å²) < 4.78 is 0. The van der Waals surface area contributed by atoms with E-state index in [2.05, 4.69) is 20.5 Å². The topological polar surface area (TPSA) is 94.1 Å². The van der Waals surface area contributed by atoms with E-state index in [-0.39, 0.29) is 29.7 Å². The lowest BCUT2D eigenvalue weighted by atomic mass is 9.79. The lowest BCUT2D eigenvalue weighted by molar-refractivity contribution is -0.119. The summed E-state index contributed by atoms with van der Waals surface area (Å²) in [5, 5.41) is 6.22. The van der Waals surface area contributed by atoms with Crippen LogP contribution in [0.5, 0.6) is 0 Å². The van der Waals surface area contributed by atoms with Gasteiger partial charge in [0.25, 0.3) is 11.8 Å². The highest BCUT2D eigenvalue weighted by Gasteiger charge is 2.42. The van der Waals surface area contributed by atoms with Crippen molar-refractivity contribution in [2.24, 2.45) is 10.4 Å². The number of fused-ring (bicyclic) bond motifs is 1. The first-order valence-electron chi connectivity index (χ1n) is 9.70. The first kappa shape index (κ1) is 18.5. The van der Waals surface area contributed by atoms with Gasteiger partial charge in [0.1, 0.15) is 0 Å². The van der Waals surface area contributed by atoms with Crippen LogP contribution in [0.4, 0.5) is 0 Å². The third-order valence-corrected chi connectivity index (χ3v) is 5.87. The molecule has 0 bridgehead atoms. The molecular weight excluding hydrogens is 358 g/mol. The average Bonchev–Trinajstić information content (AvgIpc) is 3.17. The molecule has 148 valence electrons. The van der Waals surface area contributed by atoms with Gasteiger partial charge >= 0.3 is 0 Å². The van der Waals surface area contributed by atoms with Crippen molar-refractivity contribution in [3.63, 3.8) is 0 Å². The van der Waals surface area contributed by atoms with E-state index in [0.717, 1.165) is 31.9 Å². The summed E-state index contributed by atoms with van der Waals surface area (Å²) in [5.74, 6) is 0.375. The predicted molar refractivity (Wildman–Crippen MR) is 104 cm³/mol. The fourth-order valence-corrected chi connectivity index (χ4v) is 4.48. The molecule has 1 unspecified atom stereocenters. The fraction of sp³-hybridized carbons (Fsp3) is 0.500. The van der Waals surface area contributed by atoms with E-state index < -0.39 is 0 Å². The lowest BCUT2D eigenvalue weighted by Crippen LogP contribution is -2.52. The molecule has 8 heteroatoms. The maximum absolute atomic E-state index is 12.5. The number of likely N-dealkylation sites (tertiary alicyclic amines) is 1. The minimum absolute atomic E-state index is 0.0184. The highest BCUT2D eigenvalue weighted by molar-refractivity contribution is 6.21. The minimum atomic E-state index is -0.246. The standard InChI is InChI=1S/C20H25N5O3/c1-21-19(24-9-4-7-20(13-24)11-16(26)23-12-20)22-8-10-25-17(27)14-5-2-3-6-15(14)18(25)28/h2-3,5-6H,4,7-13H2,1H3,(H,21,22)(H,23,26). The highest BCUT2D eigenvalue weighted by atomic mass is 16.2. The number of piperidine rings is 1. The van der Waals surface area contributed by atoms with Crippen molar-refractivity contribution in [1.29, 1.82) is 0 Å². The van der Waals surface area contributed by atoms with E-state index in [9.17, 15) is 14.4 Å². The Kier molecular flexibility index (Phi) is 4.78. The van der Waals surface area contributed by atoms with E-state index in [1.165, 1.54) is 4.90 Å². The van der Waals surface area contributed by atoms with Crippen molar-refractivity contribution >= 4 is 23.7 Å². The van der Waals surface area contributed by atoms with Crippen LogP contribution in [0.15, 0.2) is 29.3 Å². The van der Waals surface area contributed by atoms with E-state index in [4.69, 9.17) is 0 Å². The first-order chi connectivity index (χ1) is 13.5. The zero-order chi connectivity index (χ0) is 19.7. The third-order valence-electron chi connectivity index (χ3n) is 5.87. The number of carbonyl (C=O) groups excluding carboxylic acids is 3. The van der Waals surface area contributed by atoms with Crippen LogP contribution in [0.2, 0.25) is 0 Å². The van der Waals surface area contributed by atoms with Crippen molar-refractivity contribution in [1.82, 2.24) is 20.4 Å². The molecule has 1 spiro atoms. The molecule has 1 atom stereocenters. The number of benzene rings is 1. The molecule has 3 heterocycles. The van der Waals surface area contributed by atoms with Crippen LogP contribution in [0.3, 0.4) is 0 Å². The predicted octanol–water partition coefficient (Wildman–Crippen LogP) is 0.460. The largest absolute Gasteiger partial charge is 0.355 e. The molecule has 1 aromatic carbocycles.